The van der Waals surface area contributed by atoms with Crippen LogP contribution in [0.3, 0.4) is 0 Å². The van der Waals surface area contributed by atoms with E-state index in [1.54, 1.807) is 4.57 Å². The monoisotopic (exact) mass is 418 g/mol. The second-order valence-electron chi connectivity index (χ2n) is 6.67. The molecule has 0 saturated heterocycles. The largest absolute Gasteiger partial charge is 0.268 e. The van der Waals surface area contributed by atoms with Gasteiger partial charge in [-0.05, 0) is 52.2 Å². The first-order valence-electron chi connectivity index (χ1n) is 8.95. The summed E-state index contributed by atoms with van der Waals surface area (Å²) in [5.41, 5.74) is 2.74. The predicted molar refractivity (Wildman–Crippen MR) is 114 cm³/mol. The number of hydrogen-bond donors (Lipinski definition) is 0. The smallest absolute Gasteiger partial charge is 0.266 e. The van der Waals surface area contributed by atoms with Crippen molar-refractivity contribution in [2.45, 2.75) is 19.3 Å². The van der Waals surface area contributed by atoms with E-state index in [-0.39, 0.29) is 11.5 Å². The third kappa shape index (κ3) is 3.45. The summed E-state index contributed by atoms with van der Waals surface area (Å²) in [6.45, 7) is 2.12. The average Bonchev–Trinajstić information content (AvgIpc) is 2.69. The summed E-state index contributed by atoms with van der Waals surface area (Å²) in [5, 5.41) is 0.629. The van der Waals surface area contributed by atoms with Crippen molar-refractivity contribution in [1.82, 2.24) is 9.55 Å². The standard InChI is InChI=1S/C23H19BrN2O/c1-16(15-17-9-3-2-4-10-17)22-25-20-13-7-5-11-18(20)23(27)26(22)21-14-8-6-12-19(21)24/h2-14,16H,15H2,1H3/t16-/m1/s1. The molecule has 4 heteroatoms. The van der Waals surface area contributed by atoms with Crippen LogP contribution >= 0.6 is 15.9 Å². The van der Waals surface area contributed by atoms with Gasteiger partial charge in [-0.25, -0.2) is 4.98 Å². The molecule has 1 atom stereocenters. The highest BCUT2D eigenvalue weighted by atomic mass is 79.9. The van der Waals surface area contributed by atoms with Gasteiger partial charge in [-0.1, -0.05) is 61.5 Å². The molecule has 0 bridgehead atoms. The van der Waals surface area contributed by atoms with E-state index >= 15 is 0 Å². The van der Waals surface area contributed by atoms with Crippen molar-refractivity contribution < 1.29 is 0 Å². The second-order valence-corrected chi connectivity index (χ2v) is 7.52. The predicted octanol–water partition coefficient (Wildman–Crippen LogP) is 5.49. The number of nitrogens with zero attached hydrogens (tertiary/aromatic N) is 2. The lowest BCUT2D eigenvalue weighted by atomic mass is 9.99. The van der Waals surface area contributed by atoms with Crippen LogP contribution in [0.15, 0.2) is 88.1 Å². The highest BCUT2D eigenvalue weighted by Crippen LogP contribution is 2.26. The number of fused-ring (bicyclic) bond motifs is 1. The zero-order valence-electron chi connectivity index (χ0n) is 15.0. The van der Waals surface area contributed by atoms with Gasteiger partial charge in [-0.2, -0.15) is 0 Å². The van der Waals surface area contributed by atoms with Gasteiger partial charge in [0.1, 0.15) is 5.82 Å². The van der Waals surface area contributed by atoms with E-state index in [2.05, 4.69) is 35.0 Å². The Balaban J connectivity index is 1.94. The van der Waals surface area contributed by atoms with E-state index < -0.39 is 0 Å². The Morgan fingerprint density at radius 3 is 2.37 bits per heavy atom. The molecule has 0 unspecified atom stereocenters. The van der Waals surface area contributed by atoms with Gasteiger partial charge in [-0.3, -0.25) is 9.36 Å². The zero-order chi connectivity index (χ0) is 18.8. The van der Waals surface area contributed by atoms with Gasteiger partial charge in [0.25, 0.3) is 5.56 Å². The number of aromatic nitrogens is 2. The topological polar surface area (TPSA) is 34.9 Å². The van der Waals surface area contributed by atoms with Crippen LogP contribution in [0.2, 0.25) is 0 Å². The number of hydrogen-bond acceptors (Lipinski definition) is 2. The summed E-state index contributed by atoms with van der Waals surface area (Å²) in [5.74, 6) is 0.853. The Bertz CT molecular complexity index is 1150. The first-order chi connectivity index (χ1) is 13.1. The maximum Gasteiger partial charge on any atom is 0.266 e. The lowest BCUT2D eigenvalue weighted by Crippen LogP contribution is -2.26. The first-order valence-corrected chi connectivity index (χ1v) is 9.75. The minimum Gasteiger partial charge on any atom is -0.268 e. The van der Waals surface area contributed by atoms with E-state index in [0.717, 1.165) is 27.9 Å². The van der Waals surface area contributed by atoms with Crippen LogP contribution in [0, 0.1) is 0 Å². The van der Waals surface area contributed by atoms with Crippen molar-refractivity contribution in [3.63, 3.8) is 0 Å². The molecule has 0 radical (unpaired) electrons. The van der Waals surface area contributed by atoms with E-state index in [1.807, 2.05) is 66.7 Å². The Kier molecular flexibility index (Phi) is 4.90. The third-order valence-corrected chi connectivity index (χ3v) is 5.39. The number of para-hydroxylation sites is 2. The molecular formula is C23H19BrN2O. The van der Waals surface area contributed by atoms with Crippen molar-refractivity contribution in [1.29, 1.82) is 0 Å². The second kappa shape index (κ2) is 7.49. The molecule has 0 N–H and O–H groups in total. The first kappa shape index (κ1) is 17.7. The van der Waals surface area contributed by atoms with Gasteiger partial charge in [0.2, 0.25) is 0 Å². The van der Waals surface area contributed by atoms with Crippen LogP contribution in [0.5, 0.6) is 0 Å². The van der Waals surface area contributed by atoms with Crippen LogP contribution in [0.1, 0.15) is 24.2 Å². The van der Waals surface area contributed by atoms with Crippen molar-refractivity contribution >= 4 is 26.8 Å². The number of rotatable bonds is 4. The van der Waals surface area contributed by atoms with E-state index in [4.69, 9.17) is 4.98 Å². The molecule has 0 spiro atoms. The summed E-state index contributed by atoms with van der Waals surface area (Å²) < 4.78 is 2.62. The minimum atomic E-state index is -0.0394. The van der Waals surface area contributed by atoms with Crippen LogP contribution in [0.25, 0.3) is 16.6 Å². The highest BCUT2D eigenvalue weighted by molar-refractivity contribution is 9.10. The molecule has 4 aromatic rings. The normalized spacial score (nSPS) is 12.2. The van der Waals surface area contributed by atoms with Crippen LogP contribution in [0.4, 0.5) is 0 Å². The summed E-state index contributed by atoms with van der Waals surface area (Å²) >= 11 is 3.59. The van der Waals surface area contributed by atoms with Gasteiger partial charge in [-0.15, -0.1) is 0 Å². The van der Waals surface area contributed by atoms with E-state index in [1.165, 1.54) is 5.56 Å². The van der Waals surface area contributed by atoms with Gasteiger partial charge in [0, 0.05) is 10.4 Å². The number of benzene rings is 3. The summed E-state index contributed by atoms with van der Waals surface area (Å²) in [6.07, 6.45) is 0.816. The maximum absolute atomic E-state index is 13.4. The molecule has 27 heavy (non-hydrogen) atoms. The number of halogens is 1. The zero-order valence-corrected chi connectivity index (χ0v) is 16.6. The molecule has 1 heterocycles. The SMILES string of the molecule is C[C@H](Cc1ccccc1)c1nc2ccccc2c(=O)n1-c1ccccc1Br. The molecule has 0 fully saturated rings. The Morgan fingerprint density at radius 2 is 1.59 bits per heavy atom. The summed E-state index contributed by atoms with van der Waals surface area (Å²) in [7, 11) is 0. The fraction of sp³-hybridized carbons (Fsp3) is 0.130. The van der Waals surface area contributed by atoms with Crippen molar-refractivity contribution in [3.05, 3.63) is 105 Å². The van der Waals surface area contributed by atoms with Crippen LogP contribution in [-0.2, 0) is 6.42 Å². The molecule has 3 aromatic carbocycles. The Hall–Kier alpha value is -2.72. The molecule has 134 valence electrons. The average molecular weight is 419 g/mol. The van der Waals surface area contributed by atoms with Crippen LogP contribution < -0.4 is 5.56 Å². The lowest BCUT2D eigenvalue weighted by Gasteiger charge is -2.19. The fourth-order valence-electron chi connectivity index (χ4n) is 3.41. The van der Waals surface area contributed by atoms with Crippen molar-refractivity contribution in [2.75, 3.05) is 0 Å². The lowest BCUT2D eigenvalue weighted by molar-refractivity contribution is 0.664. The van der Waals surface area contributed by atoms with E-state index in [9.17, 15) is 4.79 Å². The molecule has 3 nitrogen and oxygen atoms in total. The summed E-state index contributed by atoms with van der Waals surface area (Å²) in [4.78, 5) is 18.3. The van der Waals surface area contributed by atoms with Gasteiger partial charge < -0.3 is 0 Å². The Labute approximate surface area is 166 Å². The quantitative estimate of drug-likeness (QED) is 0.438. The van der Waals surface area contributed by atoms with Gasteiger partial charge >= 0.3 is 0 Å². The molecular weight excluding hydrogens is 400 g/mol. The van der Waals surface area contributed by atoms with E-state index in [0.29, 0.717) is 5.39 Å². The summed E-state index contributed by atoms with van der Waals surface area (Å²) in [6, 6.07) is 25.6. The Morgan fingerprint density at radius 1 is 0.926 bits per heavy atom. The maximum atomic E-state index is 13.4. The molecule has 0 saturated carbocycles. The van der Waals surface area contributed by atoms with Crippen molar-refractivity contribution in [2.24, 2.45) is 0 Å². The fourth-order valence-corrected chi connectivity index (χ4v) is 3.87. The molecule has 0 aliphatic heterocycles. The molecule has 0 aliphatic rings. The highest BCUT2D eigenvalue weighted by Gasteiger charge is 2.19. The van der Waals surface area contributed by atoms with Crippen molar-refractivity contribution in [3.8, 4) is 5.69 Å². The van der Waals surface area contributed by atoms with Crippen LogP contribution in [-0.4, -0.2) is 9.55 Å². The molecule has 0 amide bonds. The third-order valence-electron chi connectivity index (χ3n) is 4.72. The molecule has 1 aromatic heterocycles. The molecule has 0 aliphatic carbocycles. The molecule has 4 rings (SSSR count). The van der Waals surface area contributed by atoms with Gasteiger partial charge in [0.05, 0.1) is 16.6 Å². The minimum absolute atomic E-state index is 0.0394. The van der Waals surface area contributed by atoms with Gasteiger partial charge in [0.15, 0.2) is 0 Å².